The minimum atomic E-state index is -3.17. The van der Waals surface area contributed by atoms with Crippen LogP contribution in [-0.4, -0.2) is 38.4 Å². The largest absolute Gasteiger partial charge is 0.449 e. The highest BCUT2D eigenvalue weighted by molar-refractivity contribution is 7.89. The monoisotopic (exact) mass is 403 g/mol. The molecule has 0 aliphatic heterocycles. The lowest BCUT2D eigenvalue weighted by Gasteiger charge is -2.14. The molecule has 0 saturated heterocycles. The molecule has 8 heteroatoms. The summed E-state index contributed by atoms with van der Waals surface area (Å²) in [6.07, 6.45) is 0.0824. The SMILES string of the molecule is CC(=O)c1ccc(NC(=O)[C@H](C)OC(=O)c2ccc(CS(C)(=O)=O)cc2)cc1. The molecule has 0 saturated carbocycles. The van der Waals surface area contributed by atoms with Gasteiger partial charge in [0, 0.05) is 17.5 Å². The number of Topliss-reactive ketones (excluding diaryl/α,β-unsaturated/α-hetero) is 1. The van der Waals surface area contributed by atoms with E-state index in [1.54, 1.807) is 24.3 Å². The third kappa shape index (κ3) is 6.31. The summed E-state index contributed by atoms with van der Waals surface area (Å²) in [5.74, 6) is -1.41. The number of rotatable bonds is 7. The molecule has 2 aromatic rings. The average Bonchev–Trinajstić information content (AvgIpc) is 2.61. The minimum absolute atomic E-state index is 0.0808. The van der Waals surface area contributed by atoms with Crippen molar-refractivity contribution in [3.8, 4) is 0 Å². The molecule has 0 unspecified atom stereocenters. The van der Waals surface area contributed by atoms with Crippen molar-refractivity contribution in [2.45, 2.75) is 25.7 Å². The molecule has 148 valence electrons. The van der Waals surface area contributed by atoms with Crippen molar-refractivity contribution in [1.82, 2.24) is 0 Å². The highest BCUT2D eigenvalue weighted by atomic mass is 32.2. The third-order valence-corrected chi connectivity index (χ3v) is 4.69. The van der Waals surface area contributed by atoms with Crippen molar-refractivity contribution in [3.05, 3.63) is 65.2 Å². The lowest BCUT2D eigenvalue weighted by molar-refractivity contribution is -0.123. The highest BCUT2D eigenvalue weighted by Gasteiger charge is 2.19. The van der Waals surface area contributed by atoms with Crippen LogP contribution in [0.2, 0.25) is 0 Å². The molecular weight excluding hydrogens is 382 g/mol. The first kappa shape index (κ1) is 21.3. The average molecular weight is 403 g/mol. The number of amides is 1. The number of carbonyl (C=O) groups excluding carboxylic acids is 3. The number of anilines is 1. The molecule has 0 heterocycles. The standard InChI is InChI=1S/C20H21NO6S/c1-13(22)16-8-10-18(11-9-16)21-19(23)14(2)27-20(24)17-6-4-15(5-7-17)12-28(3,25)26/h4-11,14H,12H2,1-3H3,(H,21,23)/t14-/m0/s1. The van der Waals surface area contributed by atoms with E-state index in [0.717, 1.165) is 6.26 Å². The Morgan fingerprint density at radius 1 is 0.964 bits per heavy atom. The van der Waals surface area contributed by atoms with Gasteiger partial charge in [0.2, 0.25) is 0 Å². The van der Waals surface area contributed by atoms with Crippen LogP contribution in [0.1, 0.15) is 40.1 Å². The summed E-state index contributed by atoms with van der Waals surface area (Å²) in [7, 11) is -3.17. The number of carbonyl (C=O) groups is 3. The molecule has 1 amide bonds. The van der Waals surface area contributed by atoms with E-state index in [4.69, 9.17) is 4.74 Å². The molecule has 0 bridgehead atoms. The normalized spacial score (nSPS) is 12.1. The third-order valence-electron chi connectivity index (χ3n) is 3.83. The molecular formula is C20H21NO6S. The van der Waals surface area contributed by atoms with Crippen LogP contribution in [0.15, 0.2) is 48.5 Å². The fourth-order valence-corrected chi connectivity index (χ4v) is 3.15. The number of sulfone groups is 1. The number of benzene rings is 2. The Balaban J connectivity index is 1.95. The van der Waals surface area contributed by atoms with Crippen molar-refractivity contribution < 1.29 is 27.5 Å². The van der Waals surface area contributed by atoms with Gasteiger partial charge in [-0.1, -0.05) is 12.1 Å². The summed E-state index contributed by atoms with van der Waals surface area (Å²) in [6.45, 7) is 2.89. The van der Waals surface area contributed by atoms with Gasteiger partial charge in [-0.2, -0.15) is 0 Å². The van der Waals surface area contributed by atoms with Crippen LogP contribution in [0.3, 0.4) is 0 Å². The van der Waals surface area contributed by atoms with Gasteiger partial charge in [0.05, 0.1) is 11.3 Å². The quantitative estimate of drug-likeness (QED) is 0.563. The van der Waals surface area contributed by atoms with Crippen molar-refractivity contribution in [3.63, 3.8) is 0 Å². The zero-order valence-corrected chi connectivity index (χ0v) is 16.6. The van der Waals surface area contributed by atoms with Gasteiger partial charge in [0.15, 0.2) is 21.7 Å². The molecule has 2 rings (SSSR count). The topological polar surface area (TPSA) is 107 Å². The van der Waals surface area contributed by atoms with Gasteiger partial charge in [-0.25, -0.2) is 13.2 Å². The Labute approximate surface area is 163 Å². The van der Waals surface area contributed by atoms with E-state index < -0.39 is 27.8 Å². The number of esters is 1. The van der Waals surface area contributed by atoms with Gasteiger partial charge >= 0.3 is 5.97 Å². The molecule has 0 aliphatic rings. The van der Waals surface area contributed by atoms with Crippen molar-refractivity contribution in [2.75, 3.05) is 11.6 Å². The number of hydrogen-bond donors (Lipinski definition) is 1. The first-order chi connectivity index (χ1) is 13.0. The van der Waals surface area contributed by atoms with E-state index in [1.165, 1.54) is 38.1 Å². The van der Waals surface area contributed by atoms with Gasteiger partial charge in [0.25, 0.3) is 5.91 Å². The zero-order valence-electron chi connectivity index (χ0n) is 15.8. The van der Waals surface area contributed by atoms with E-state index >= 15 is 0 Å². The first-order valence-corrected chi connectivity index (χ1v) is 10.5. The summed E-state index contributed by atoms with van der Waals surface area (Å²) in [5.41, 5.74) is 1.77. The fourth-order valence-electron chi connectivity index (χ4n) is 2.35. The van der Waals surface area contributed by atoms with E-state index in [9.17, 15) is 22.8 Å². The number of hydrogen-bond acceptors (Lipinski definition) is 6. The van der Waals surface area contributed by atoms with E-state index in [1.807, 2.05) is 0 Å². The summed E-state index contributed by atoms with van der Waals surface area (Å²) in [5, 5.41) is 2.61. The van der Waals surface area contributed by atoms with Crippen LogP contribution >= 0.6 is 0 Å². The van der Waals surface area contributed by atoms with Gasteiger partial charge in [-0.15, -0.1) is 0 Å². The van der Waals surface area contributed by atoms with E-state index in [2.05, 4.69) is 5.32 Å². The van der Waals surface area contributed by atoms with Crippen LogP contribution < -0.4 is 5.32 Å². The van der Waals surface area contributed by atoms with Crippen molar-refractivity contribution in [1.29, 1.82) is 0 Å². The summed E-state index contributed by atoms with van der Waals surface area (Å²) >= 11 is 0. The van der Waals surface area contributed by atoms with Gasteiger partial charge in [-0.05, 0) is 55.8 Å². The van der Waals surface area contributed by atoms with E-state index in [-0.39, 0.29) is 17.1 Å². The van der Waals surface area contributed by atoms with Crippen LogP contribution in [-0.2, 0) is 25.1 Å². The molecule has 0 radical (unpaired) electrons. The maximum atomic E-state index is 12.2. The minimum Gasteiger partial charge on any atom is -0.449 e. The molecule has 0 aromatic heterocycles. The van der Waals surface area contributed by atoms with Crippen molar-refractivity contribution >= 4 is 33.2 Å². The van der Waals surface area contributed by atoms with Gasteiger partial charge < -0.3 is 10.1 Å². The molecule has 1 N–H and O–H groups in total. The van der Waals surface area contributed by atoms with Gasteiger partial charge in [-0.3, -0.25) is 9.59 Å². The number of nitrogens with one attached hydrogen (secondary N) is 1. The Morgan fingerprint density at radius 2 is 1.50 bits per heavy atom. The zero-order chi connectivity index (χ0) is 20.9. The van der Waals surface area contributed by atoms with Crippen LogP contribution in [0.25, 0.3) is 0 Å². The van der Waals surface area contributed by atoms with Gasteiger partial charge in [0.1, 0.15) is 0 Å². The lowest BCUT2D eigenvalue weighted by Crippen LogP contribution is -2.30. The molecule has 2 aromatic carbocycles. The molecule has 1 atom stereocenters. The summed E-state index contributed by atoms with van der Waals surface area (Å²) in [6, 6.07) is 12.3. The predicted molar refractivity (Wildman–Crippen MR) is 105 cm³/mol. The van der Waals surface area contributed by atoms with E-state index in [0.29, 0.717) is 16.8 Å². The fraction of sp³-hybridized carbons (Fsp3) is 0.250. The van der Waals surface area contributed by atoms with Crippen LogP contribution in [0, 0.1) is 0 Å². The molecule has 0 aliphatic carbocycles. The summed E-state index contributed by atoms with van der Waals surface area (Å²) in [4.78, 5) is 35.6. The maximum Gasteiger partial charge on any atom is 0.338 e. The molecule has 0 spiro atoms. The highest BCUT2D eigenvalue weighted by Crippen LogP contribution is 2.13. The maximum absolute atomic E-state index is 12.2. The smallest absolute Gasteiger partial charge is 0.338 e. The Kier molecular flexibility index (Phi) is 6.69. The Bertz CT molecular complexity index is 978. The summed E-state index contributed by atoms with van der Waals surface area (Å²) < 4.78 is 27.7. The van der Waals surface area contributed by atoms with Crippen LogP contribution in [0.5, 0.6) is 0 Å². The Morgan fingerprint density at radius 3 is 2.00 bits per heavy atom. The molecule has 7 nitrogen and oxygen atoms in total. The van der Waals surface area contributed by atoms with Crippen LogP contribution in [0.4, 0.5) is 5.69 Å². The number of ketones is 1. The molecule has 28 heavy (non-hydrogen) atoms. The first-order valence-electron chi connectivity index (χ1n) is 8.44. The Hall–Kier alpha value is -3.00. The lowest BCUT2D eigenvalue weighted by atomic mass is 10.1. The second-order valence-electron chi connectivity index (χ2n) is 6.44. The second kappa shape index (κ2) is 8.79. The number of ether oxygens (including phenoxy) is 1. The molecule has 0 fully saturated rings. The predicted octanol–water partition coefficient (Wildman–Crippen LogP) is 2.62. The van der Waals surface area contributed by atoms with Crippen molar-refractivity contribution in [2.24, 2.45) is 0 Å². The second-order valence-corrected chi connectivity index (χ2v) is 8.58.